The van der Waals surface area contributed by atoms with E-state index in [4.69, 9.17) is 5.84 Å². The molecule has 0 saturated heterocycles. The number of thioether (sulfide) groups is 1. The molecule has 4 heteroatoms. The van der Waals surface area contributed by atoms with Crippen LogP contribution in [-0.2, 0) is 6.42 Å². The molecule has 112 valence electrons. The highest BCUT2D eigenvalue weighted by Gasteiger charge is 2.11. The maximum absolute atomic E-state index is 13.6. The highest BCUT2D eigenvalue weighted by molar-refractivity contribution is 7.99. The van der Waals surface area contributed by atoms with Gasteiger partial charge in [-0.25, -0.2) is 4.39 Å². The predicted octanol–water partition coefficient (Wildman–Crippen LogP) is 4.07. The summed E-state index contributed by atoms with van der Waals surface area (Å²) in [5.74, 6) is 6.15. The van der Waals surface area contributed by atoms with Crippen LogP contribution in [0.25, 0.3) is 0 Å². The Hall–Kier alpha value is -1.36. The van der Waals surface area contributed by atoms with Gasteiger partial charge >= 0.3 is 0 Å². The molecule has 21 heavy (non-hydrogen) atoms. The zero-order chi connectivity index (χ0) is 15.1. The lowest BCUT2D eigenvalue weighted by molar-refractivity contribution is 0.596. The van der Waals surface area contributed by atoms with E-state index in [9.17, 15) is 4.39 Å². The molecular weight excluding hydrogens is 283 g/mol. The number of nitrogens with two attached hydrogens (primary N) is 1. The van der Waals surface area contributed by atoms with Crippen molar-refractivity contribution < 1.29 is 4.39 Å². The second-order valence-electron chi connectivity index (χ2n) is 4.95. The van der Waals surface area contributed by atoms with Crippen molar-refractivity contribution in [2.75, 3.05) is 5.75 Å². The maximum Gasteiger partial charge on any atom is 0.136 e. The van der Waals surface area contributed by atoms with Crippen LogP contribution in [0, 0.1) is 5.82 Å². The van der Waals surface area contributed by atoms with E-state index in [0.717, 1.165) is 18.4 Å². The molecule has 0 heterocycles. The second kappa shape index (κ2) is 8.17. The van der Waals surface area contributed by atoms with E-state index in [1.165, 1.54) is 23.4 Å². The molecule has 0 spiro atoms. The van der Waals surface area contributed by atoms with Crippen molar-refractivity contribution in [3.8, 4) is 0 Å². The van der Waals surface area contributed by atoms with Crippen LogP contribution in [0.1, 0.15) is 30.5 Å². The SMILES string of the molecule is CCCc1ccc(C(CSc2ccccc2F)NN)cc1. The number of benzene rings is 2. The van der Waals surface area contributed by atoms with Gasteiger partial charge in [0.1, 0.15) is 5.82 Å². The molecule has 2 aromatic carbocycles. The summed E-state index contributed by atoms with van der Waals surface area (Å²) in [6.07, 6.45) is 2.23. The summed E-state index contributed by atoms with van der Waals surface area (Å²) < 4.78 is 13.6. The molecule has 0 amide bonds. The molecule has 1 unspecified atom stereocenters. The van der Waals surface area contributed by atoms with Crippen molar-refractivity contribution in [3.63, 3.8) is 0 Å². The van der Waals surface area contributed by atoms with Gasteiger partial charge in [-0.05, 0) is 29.7 Å². The Bertz CT molecular complexity index is 557. The number of halogens is 1. The lowest BCUT2D eigenvalue weighted by atomic mass is 10.0. The summed E-state index contributed by atoms with van der Waals surface area (Å²) in [7, 11) is 0. The van der Waals surface area contributed by atoms with E-state index in [-0.39, 0.29) is 11.9 Å². The van der Waals surface area contributed by atoms with Crippen molar-refractivity contribution in [2.45, 2.75) is 30.7 Å². The quantitative estimate of drug-likeness (QED) is 0.460. The molecule has 0 aromatic heterocycles. The standard InChI is InChI=1S/C17H21FN2S/c1-2-5-13-8-10-14(11-9-13)16(20-19)12-21-17-7-4-3-6-15(17)18/h3-4,6-11,16,20H,2,5,12,19H2,1H3. The Labute approximate surface area is 129 Å². The van der Waals surface area contributed by atoms with Gasteiger partial charge < -0.3 is 0 Å². The summed E-state index contributed by atoms with van der Waals surface area (Å²) in [5.41, 5.74) is 5.27. The molecule has 0 bridgehead atoms. The second-order valence-corrected chi connectivity index (χ2v) is 6.01. The monoisotopic (exact) mass is 304 g/mol. The maximum atomic E-state index is 13.6. The molecule has 2 rings (SSSR count). The number of nitrogens with one attached hydrogen (secondary N) is 1. The lowest BCUT2D eigenvalue weighted by Gasteiger charge is -2.16. The van der Waals surface area contributed by atoms with Crippen LogP contribution in [0.15, 0.2) is 53.4 Å². The van der Waals surface area contributed by atoms with Gasteiger partial charge in [0.05, 0.1) is 6.04 Å². The molecule has 2 aromatic rings. The normalized spacial score (nSPS) is 12.3. The molecular formula is C17H21FN2S. The number of hydrogen-bond acceptors (Lipinski definition) is 3. The van der Waals surface area contributed by atoms with Crippen LogP contribution in [-0.4, -0.2) is 5.75 Å². The van der Waals surface area contributed by atoms with Crippen molar-refractivity contribution in [1.29, 1.82) is 0 Å². The van der Waals surface area contributed by atoms with Gasteiger partial charge in [0.2, 0.25) is 0 Å². The number of hydrogen-bond donors (Lipinski definition) is 2. The molecule has 1 atom stereocenters. The van der Waals surface area contributed by atoms with Gasteiger partial charge in [-0.15, -0.1) is 11.8 Å². The van der Waals surface area contributed by atoms with Crippen LogP contribution < -0.4 is 11.3 Å². The summed E-state index contributed by atoms with van der Waals surface area (Å²) in [4.78, 5) is 0.653. The Morgan fingerprint density at radius 2 is 1.86 bits per heavy atom. The predicted molar refractivity (Wildman–Crippen MR) is 87.6 cm³/mol. The van der Waals surface area contributed by atoms with Gasteiger partial charge in [-0.3, -0.25) is 11.3 Å². The van der Waals surface area contributed by atoms with Gasteiger partial charge in [-0.1, -0.05) is 49.7 Å². The molecule has 0 aliphatic rings. The third-order valence-corrected chi connectivity index (χ3v) is 4.51. The Morgan fingerprint density at radius 3 is 2.48 bits per heavy atom. The third kappa shape index (κ3) is 4.56. The average molecular weight is 304 g/mol. The fourth-order valence-electron chi connectivity index (χ4n) is 2.18. The first-order valence-corrected chi connectivity index (χ1v) is 8.15. The molecule has 0 aliphatic heterocycles. The lowest BCUT2D eigenvalue weighted by Crippen LogP contribution is -2.29. The minimum Gasteiger partial charge on any atom is -0.271 e. The van der Waals surface area contributed by atoms with E-state index in [1.807, 2.05) is 6.07 Å². The van der Waals surface area contributed by atoms with Gasteiger partial charge in [0.15, 0.2) is 0 Å². The fraction of sp³-hybridized carbons (Fsp3) is 0.294. The molecule has 0 fully saturated rings. The minimum absolute atomic E-state index is 0.00489. The Balaban J connectivity index is 2.01. The number of aryl methyl sites for hydroxylation is 1. The van der Waals surface area contributed by atoms with E-state index in [2.05, 4.69) is 36.6 Å². The Morgan fingerprint density at radius 1 is 1.14 bits per heavy atom. The zero-order valence-electron chi connectivity index (χ0n) is 12.2. The number of rotatable bonds is 7. The number of hydrazine groups is 1. The largest absolute Gasteiger partial charge is 0.271 e. The fourth-order valence-corrected chi connectivity index (χ4v) is 3.20. The van der Waals surface area contributed by atoms with Gasteiger partial charge in [-0.2, -0.15) is 0 Å². The van der Waals surface area contributed by atoms with Gasteiger partial charge in [0, 0.05) is 10.6 Å². The first-order chi connectivity index (χ1) is 10.2. The first kappa shape index (κ1) is 16.0. The highest BCUT2D eigenvalue weighted by atomic mass is 32.2. The van der Waals surface area contributed by atoms with Crippen LogP contribution in [0.3, 0.4) is 0 Å². The molecule has 0 saturated carbocycles. The summed E-state index contributed by atoms with van der Waals surface area (Å²) in [6, 6.07) is 15.3. The van der Waals surface area contributed by atoms with Crippen molar-refractivity contribution in [3.05, 3.63) is 65.5 Å². The average Bonchev–Trinajstić information content (AvgIpc) is 2.51. The zero-order valence-corrected chi connectivity index (χ0v) is 13.0. The van der Waals surface area contributed by atoms with E-state index >= 15 is 0 Å². The van der Waals surface area contributed by atoms with Crippen LogP contribution >= 0.6 is 11.8 Å². The first-order valence-electron chi connectivity index (χ1n) is 7.17. The summed E-state index contributed by atoms with van der Waals surface area (Å²) in [6.45, 7) is 2.17. The van der Waals surface area contributed by atoms with E-state index in [0.29, 0.717) is 10.6 Å². The summed E-state index contributed by atoms with van der Waals surface area (Å²) in [5, 5.41) is 0. The van der Waals surface area contributed by atoms with E-state index in [1.54, 1.807) is 12.1 Å². The smallest absolute Gasteiger partial charge is 0.136 e. The molecule has 2 nitrogen and oxygen atoms in total. The van der Waals surface area contributed by atoms with Gasteiger partial charge in [0.25, 0.3) is 0 Å². The summed E-state index contributed by atoms with van der Waals surface area (Å²) >= 11 is 1.47. The molecule has 0 aliphatic carbocycles. The highest BCUT2D eigenvalue weighted by Crippen LogP contribution is 2.26. The van der Waals surface area contributed by atoms with Crippen molar-refractivity contribution in [1.82, 2.24) is 5.43 Å². The van der Waals surface area contributed by atoms with Crippen molar-refractivity contribution >= 4 is 11.8 Å². The molecule has 0 radical (unpaired) electrons. The minimum atomic E-state index is -0.184. The molecule has 3 N–H and O–H groups in total. The third-order valence-electron chi connectivity index (χ3n) is 3.36. The van der Waals surface area contributed by atoms with Crippen LogP contribution in [0.4, 0.5) is 4.39 Å². The Kier molecular flexibility index (Phi) is 6.23. The van der Waals surface area contributed by atoms with Crippen molar-refractivity contribution in [2.24, 2.45) is 5.84 Å². The topological polar surface area (TPSA) is 38.0 Å². The van der Waals surface area contributed by atoms with Crippen LogP contribution in [0.2, 0.25) is 0 Å². The van der Waals surface area contributed by atoms with E-state index < -0.39 is 0 Å². The van der Waals surface area contributed by atoms with Crippen LogP contribution in [0.5, 0.6) is 0 Å².